The van der Waals surface area contributed by atoms with Crippen molar-refractivity contribution in [3.63, 3.8) is 0 Å². The van der Waals surface area contributed by atoms with E-state index in [-0.39, 0.29) is 17.5 Å². The number of carbonyl (C=O) groups is 2. The van der Waals surface area contributed by atoms with Gasteiger partial charge in [0, 0.05) is 13.1 Å². The highest BCUT2D eigenvalue weighted by atomic mass is 16.7. The molecule has 216 valence electrons. The molecule has 1 saturated heterocycles. The molecular weight excluding hydrogens is 532 g/mol. The molecule has 4 aromatic carbocycles. The third-order valence-electron chi connectivity index (χ3n) is 7.34. The van der Waals surface area contributed by atoms with Crippen molar-refractivity contribution in [3.05, 3.63) is 125 Å². The second kappa shape index (κ2) is 13.2. The second-order valence-corrected chi connectivity index (χ2v) is 9.86. The lowest BCUT2D eigenvalue weighted by molar-refractivity contribution is -0.163. The monoisotopic (exact) mass is 566 g/mol. The van der Waals surface area contributed by atoms with Crippen molar-refractivity contribution in [1.82, 2.24) is 9.96 Å². The molecule has 1 heterocycles. The number of benzene rings is 4. The van der Waals surface area contributed by atoms with Crippen LogP contribution in [0.15, 0.2) is 103 Å². The standard InChI is InChI=1S/C34H34N2O6/c1-39-28-22-27(23-29(40-2)32(28)41-3)34(38)42-36-21-13-20-35(33(37)31(36)26-18-11-6-12-19-26)30(24-14-7-4-8-15-24)25-16-9-5-10-17-25/h4-12,14-19,22-23,30-31H,13,20-21H2,1-3H3. The Morgan fingerprint density at radius 2 is 1.26 bits per heavy atom. The van der Waals surface area contributed by atoms with Crippen LogP contribution in [0.4, 0.5) is 0 Å². The van der Waals surface area contributed by atoms with Gasteiger partial charge in [-0.05, 0) is 35.2 Å². The Morgan fingerprint density at radius 3 is 1.76 bits per heavy atom. The zero-order valence-corrected chi connectivity index (χ0v) is 23.9. The van der Waals surface area contributed by atoms with Crippen molar-refractivity contribution in [3.8, 4) is 17.2 Å². The van der Waals surface area contributed by atoms with E-state index in [9.17, 15) is 9.59 Å². The normalized spacial score (nSPS) is 15.7. The zero-order chi connectivity index (χ0) is 29.5. The van der Waals surface area contributed by atoms with E-state index in [2.05, 4.69) is 0 Å². The van der Waals surface area contributed by atoms with Crippen molar-refractivity contribution in [2.24, 2.45) is 0 Å². The summed E-state index contributed by atoms with van der Waals surface area (Å²) in [6.45, 7) is 0.836. The average Bonchev–Trinajstić information content (AvgIpc) is 3.19. The third kappa shape index (κ3) is 5.94. The largest absolute Gasteiger partial charge is 0.493 e. The van der Waals surface area contributed by atoms with E-state index in [0.29, 0.717) is 36.8 Å². The summed E-state index contributed by atoms with van der Waals surface area (Å²) in [4.78, 5) is 36.0. The van der Waals surface area contributed by atoms with E-state index in [4.69, 9.17) is 19.0 Å². The summed E-state index contributed by atoms with van der Waals surface area (Å²) < 4.78 is 16.2. The number of carbonyl (C=O) groups excluding carboxylic acids is 2. The summed E-state index contributed by atoms with van der Waals surface area (Å²) in [6, 6.07) is 31.3. The van der Waals surface area contributed by atoms with Gasteiger partial charge in [-0.3, -0.25) is 4.79 Å². The minimum atomic E-state index is -0.852. The van der Waals surface area contributed by atoms with E-state index in [1.165, 1.54) is 38.5 Å². The van der Waals surface area contributed by atoms with Crippen LogP contribution in [0.25, 0.3) is 0 Å². The molecule has 8 heteroatoms. The fourth-order valence-electron chi connectivity index (χ4n) is 5.40. The Morgan fingerprint density at radius 1 is 0.738 bits per heavy atom. The number of nitrogens with zero attached hydrogens (tertiary/aromatic N) is 2. The zero-order valence-electron chi connectivity index (χ0n) is 23.9. The van der Waals surface area contributed by atoms with Gasteiger partial charge in [-0.1, -0.05) is 91.0 Å². The predicted molar refractivity (Wildman–Crippen MR) is 158 cm³/mol. The van der Waals surface area contributed by atoms with Crippen molar-refractivity contribution in [2.45, 2.75) is 18.5 Å². The number of amides is 1. The molecule has 1 atom stereocenters. The van der Waals surface area contributed by atoms with Gasteiger partial charge in [0.2, 0.25) is 11.7 Å². The first-order valence-electron chi connectivity index (χ1n) is 13.8. The van der Waals surface area contributed by atoms with Crippen LogP contribution in [0.3, 0.4) is 0 Å². The summed E-state index contributed by atoms with van der Waals surface area (Å²) in [5, 5.41) is 1.50. The molecule has 4 aromatic rings. The van der Waals surface area contributed by atoms with Gasteiger partial charge in [-0.15, -0.1) is 5.06 Å². The molecule has 5 rings (SSSR count). The van der Waals surface area contributed by atoms with Gasteiger partial charge in [0.1, 0.15) is 6.04 Å². The lowest BCUT2D eigenvalue weighted by atomic mass is 9.95. The molecule has 0 bridgehead atoms. The molecule has 1 unspecified atom stereocenters. The Kier molecular flexibility index (Phi) is 9.04. The quantitative estimate of drug-likeness (QED) is 0.252. The summed E-state index contributed by atoms with van der Waals surface area (Å²) >= 11 is 0. The molecular formula is C34H34N2O6. The van der Waals surface area contributed by atoms with Crippen LogP contribution in [0.5, 0.6) is 17.2 Å². The van der Waals surface area contributed by atoms with Crippen LogP contribution in [0.1, 0.15) is 45.6 Å². The summed E-state index contributed by atoms with van der Waals surface area (Å²) in [5.74, 6) is 0.227. The maximum absolute atomic E-state index is 14.6. The molecule has 1 aliphatic rings. The van der Waals surface area contributed by atoms with Crippen LogP contribution in [-0.2, 0) is 9.63 Å². The minimum absolute atomic E-state index is 0.158. The smallest absolute Gasteiger partial charge is 0.357 e. The first-order valence-corrected chi connectivity index (χ1v) is 13.8. The molecule has 8 nitrogen and oxygen atoms in total. The fraction of sp³-hybridized carbons (Fsp3) is 0.235. The predicted octanol–water partition coefficient (Wildman–Crippen LogP) is 5.85. The van der Waals surface area contributed by atoms with Gasteiger partial charge >= 0.3 is 5.97 Å². The molecule has 0 radical (unpaired) electrons. The molecule has 0 N–H and O–H groups in total. The van der Waals surface area contributed by atoms with Crippen LogP contribution in [0.2, 0.25) is 0 Å². The van der Waals surface area contributed by atoms with Crippen LogP contribution >= 0.6 is 0 Å². The Labute approximate surface area is 245 Å². The van der Waals surface area contributed by atoms with E-state index in [1.807, 2.05) is 95.9 Å². The number of hydrogen-bond donors (Lipinski definition) is 0. The second-order valence-electron chi connectivity index (χ2n) is 9.86. The third-order valence-corrected chi connectivity index (χ3v) is 7.34. The number of hydrogen-bond acceptors (Lipinski definition) is 7. The molecule has 42 heavy (non-hydrogen) atoms. The Balaban J connectivity index is 1.52. The van der Waals surface area contributed by atoms with Gasteiger partial charge in [-0.25, -0.2) is 4.79 Å². The van der Waals surface area contributed by atoms with Crippen molar-refractivity contribution < 1.29 is 28.6 Å². The van der Waals surface area contributed by atoms with Gasteiger partial charge < -0.3 is 23.9 Å². The summed E-state index contributed by atoms with van der Waals surface area (Å²) in [5.41, 5.74) is 2.95. The minimum Gasteiger partial charge on any atom is -0.493 e. The number of ether oxygens (including phenoxy) is 3. The average molecular weight is 567 g/mol. The van der Waals surface area contributed by atoms with Crippen LogP contribution < -0.4 is 14.2 Å². The topological polar surface area (TPSA) is 77.5 Å². The molecule has 0 aliphatic carbocycles. The van der Waals surface area contributed by atoms with Gasteiger partial charge in [0.05, 0.1) is 32.9 Å². The molecule has 0 spiro atoms. The van der Waals surface area contributed by atoms with Crippen LogP contribution in [0, 0.1) is 0 Å². The van der Waals surface area contributed by atoms with Gasteiger partial charge in [-0.2, -0.15) is 0 Å². The lowest BCUT2D eigenvalue weighted by Gasteiger charge is -2.35. The first kappa shape index (κ1) is 28.7. The van der Waals surface area contributed by atoms with E-state index < -0.39 is 12.0 Å². The van der Waals surface area contributed by atoms with Gasteiger partial charge in [0.25, 0.3) is 0 Å². The molecule has 1 aliphatic heterocycles. The number of hydroxylamine groups is 2. The Hall–Kier alpha value is -4.82. The van der Waals surface area contributed by atoms with Crippen molar-refractivity contribution in [2.75, 3.05) is 34.4 Å². The van der Waals surface area contributed by atoms with Crippen molar-refractivity contribution >= 4 is 11.9 Å². The van der Waals surface area contributed by atoms with E-state index >= 15 is 0 Å². The van der Waals surface area contributed by atoms with Crippen LogP contribution in [-0.4, -0.2) is 56.3 Å². The maximum atomic E-state index is 14.6. The highest BCUT2D eigenvalue weighted by Gasteiger charge is 2.40. The highest BCUT2D eigenvalue weighted by molar-refractivity contribution is 5.91. The van der Waals surface area contributed by atoms with Crippen molar-refractivity contribution in [1.29, 1.82) is 0 Å². The van der Waals surface area contributed by atoms with E-state index in [1.54, 1.807) is 0 Å². The van der Waals surface area contributed by atoms with E-state index in [0.717, 1.165) is 16.7 Å². The number of methoxy groups -OCH3 is 3. The highest BCUT2D eigenvalue weighted by Crippen LogP contribution is 2.39. The molecule has 0 saturated carbocycles. The molecule has 1 fully saturated rings. The lowest BCUT2D eigenvalue weighted by Crippen LogP contribution is -2.42. The summed E-state index contributed by atoms with van der Waals surface area (Å²) in [6.07, 6.45) is 0.591. The Bertz CT molecular complexity index is 1430. The van der Waals surface area contributed by atoms with Gasteiger partial charge in [0.15, 0.2) is 11.5 Å². The first-order chi connectivity index (χ1) is 20.5. The maximum Gasteiger partial charge on any atom is 0.357 e. The number of rotatable bonds is 9. The SMILES string of the molecule is COc1cc(C(=O)ON2CCCN(C(c3ccccc3)c3ccccc3)C(=O)C2c2ccccc2)cc(OC)c1OC. The molecule has 0 aromatic heterocycles. The summed E-state index contributed by atoms with van der Waals surface area (Å²) in [7, 11) is 4.46. The molecule has 1 amide bonds. The fourth-order valence-corrected chi connectivity index (χ4v) is 5.40.